The second-order valence-electron chi connectivity index (χ2n) is 7.09. The number of ether oxygens (including phenoxy) is 2. The average Bonchev–Trinajstić information content (AvgIpc) is 2.93. The summed E-state index contributed by atoms with van der Waals surface area (Å²) < 4.78 is 24.4. The molecule has 7 nitrogen and oxygen atoms in total. The minimum atomic E-state index is -0.623. The van der Waals surface area contributed by atoms with Crippen molar-refractivity contribution >= 4 is 23.6 Å². The molecule has 1 aliphatic rings. The van der Waals surface area contributed by atoms with E-state index in [0.29, 0.717) is 30.9 Å². The summed E-state index contributed by atoms with van der Waals surface area (Å²) >= 11 is 0. The van der Waals surface area contributed by atoms with Crippen molar-refractivity contribution in [3.05, 3.63) is 24.0 Å². The van der Waals surface area contributed by atoms with Crippen molar-refractivity contribution in [3.8, 4) is 0 Å². The maximum Gasteiger partial charge on any atom is 0.411 e. The highest BCUT2D eigenvalue weighted by atomic mass is 19.1. The van der Waals surface area contributed by atoms with E-state index in [0.717, 1.165) is 0 Å². The molecule has 1 aromatic carbocycles. The molecular formula is C18H26FN3O4. The third kappa shape index (κ3) is 5.79. The molecule has 2 N–H and O–H groups in total. The summed E-state index contributed by atoms with van der Waals surface area (Å²) in [5.74, 6) is -0.447. The normalized spacial score (nSPS) is 17.0. The lowest BCUT2D eigenvalue weighted by atomic mass is 10.2. The van der Waals surface area contributed by atoms with Gasteiger partial charge in [0.1, 0.15) is 11.4 Å². The summed E-state index contributed by atoms with van der Waals surface area (Å²) in [6.07, 6.45) is -0.400. The highest BCUT2D eigenvalue weighted by molar-refractivity contribution is 5.85. The highest BCUT2D eigenvalue weighted by Crippen LogP contribution is 2.26. The molecule has 1 aromatic rings. The van der Waals surface area contributed by atoms with E-state index in [-0.39, 0.29) is 12.6 Å². The molecule has 144 valence electrons. The quantitative estimate of drug-likeness (QED) is 0.851. The fourth-order valence-corrected chi connectivity index (χ4v) is 2.70. The lowest BCUT2D eigenvalue weighted by molar-refractivity contribution is 0.0509. The maximum atomic E-state index is 14.4. The van der Waals surface area contributed by atoms with Crippen molar-refractivity contribution in [2.75, 3.05) is 29.9 Å². The molecule has 0 aliphatic carbocycles. The second-order valence-corrected chi connectivity index (χ2v) is 7.09. The third-order valence-electron chi connectivity index (χ3n) is 3.72. The number of nitrogens with one attached hydrogen (secondary N) is 2. The predicted molar refractivity (Wildman–Crippen MR) is 97.0 cm³/mol. The SMILES string of the molecule is CCOC(=O)Nc1ccc(N2CCC(NC(=O)OC(C)(C)C)C2)c(F)c1. The van der Waals surface area contributed by atoms with Crippen LogP contribution in [0, 0.1) is 5.82 Å². The molecule has 2 rings (SSSR count). The molecule has 1 atom stereocenters. The number of hydrogen-bond donors (Lipinski definition) is 2. The van der Waals surface area contributed by atoms with E-state index in [1.807, 2.05) is 4.90 Å². The molecule has 0 radical (unpaired) electrons. The molecule has 1 fully saturated rings. The van der Waals surface area contributed by atoms with Gasteiger partial charge in [-0.3, -0.25) is 5.32 Å². The number of anilines is 2. The molecule has 0 bridgehead atoms. The van der Waals surface area contributed by atoms with E-state index < -0.39 is 23.6 Å². The van der Waals surface area contributed by atoms with Crippen molar-refractivity contribution < 1.29 is 23.5 Å². The van der Waals surface area contributed by atoms with Crippen LogP contribution in [0.25, 0.3) is 0 Å². The zero-order valence-corrected chi connectivity index (χ0v) is 15.6. The minimum Gasteiger partial charge on any atom is -0.450 e. The molecule has 1 heterocycles. The average molecular weight is 367 g/mol. The summed E-state index contributed by atoms with van der Waals surface area (Å²) in [6.45, 7) is 8.44. The first-order valence-corrected chi connectivity index (χ1v) is 8.65. The van der Waals surface area contributed by atoms with Crippen LogP contribution in [0.2, 0.25) is 0 Å². The Hall–Kier alpha value is -2.51. The number of rotatable bonds is 4. The van der Waals surface area contributed by atoms with Crippen LogP contribution in [0.15, 0.2) is 18.2 Å². The summed E-state index contributed by atoms with van der Waals surface area (Å²) in [5.41, 5.74) is 0.191. The molecule has 0 aromatic heterocycles. The molecule has 1 aliphatic heterocycles. The Labute approximate surface area is 152 Å². The fourth-order valence-electron chi connectivity index (χ4n) is 2.70. The summed E-state index contributed by atoms with van der Waals surface area (Å²) in [6, 6.07) is 4.36. The van der Waals surface area contributed by atoms with Gasteiger partial charge in [0.25, 0.3) is 0 Å². The van der Waals surface area contributed by atoms with Gasteiger partial charge in [-0.1, -0.05) is 0 Å². The largest absolute Gasteiger partial charge is 0.450 e. The number of benzene rings is 1. The van der Waals surface area contributed by atoms with Gasteiger partial charge in [0, 0.05) is 18.8 Å². The summed E-state index contributed by atoms with van der Waals surface area (Å²) in [5, 5.41) is 5.27. The van der Waals surface area contributed by atoms with Gasteiger partial charge in [0.05, 0.1) is 18.3 Å². The van der Waals surface area contributed by atoms with Crippen molar-refractivity contribution in [2.24, 2.45) is 0 Å². The minimum absolute atomic E-state index is 0.110. The van der Waals surface area contributed by atoms with Gasteiger partial charge in [-0.2, -0.15) is 0 Å². The van der Waals surface area contributed by atoms with E-state index in [1.165, 1.54) is 6.07 Å². The highest BCUT2D eigenvalue weighted by Gasteiger charge is 2.27. The van der Waals surface area contributed by atoms with E-state index in [1.54, 1.807) is 39.8 Å². The van der Waals surface area contributed by atoms with Crippen molar-refractivity contribution in [1.29, 1.82) is 0 Å². The number of hydrogen-bond acceptors (Lipinski definition) is 5. The van der Waals surface area contributed by atoms with Gasteiger partial charge in [-0.15, -0.1) is 0 Å². The first-order chi connectivity index (χ1) is 12.2. The Morgan fingerprint density at radius 3 is 2.65 bits per heavy atom. The zero-order valence-electron chi connectivity index (χ0n) is 15.6. The van der Waals surface area contributed by atoms with Gasteiger partial charge >= 0.3 is 12.2 Å². The molecule has 0 spiro atoms. The van der Waals surface area contributed by atoms with Crippen molar-refractivity contribution in [3.63, 3.8) is 0 Å². The van der Waals surface area contributed by atoms with Crippen LogP contribution in [0.5, 0.6) is 0 Å². The van der Waals surface area contributed by atoms with E-state index in [4.69, 9.17) is 9.47 Å². The Kier molecular flexibility index (Phi) is 6.28. The van der Waals surface area contributed by atoms with Crippen LogP contribution >= 0.6 is 0 Å². The maximum absolute atomic E-state index is 14.4. The molecular weight excluding hydrogens is 341 g/mol. The summed E-state index contributed by atoms with van der Waals surface area (Å²) in [7, 11) is 0. The van der Waals surface area contributed by atoms with Gasteiger partial charge in [-0.05, 0) is 52.3 Å². The molecule has 8 heteroatoms. The van der Waals surface area contributed by atoms with Crippen LogP contribution in [0.4, 0.5) is 25.4 Å². The number of halogens is 1. The van der Waals surface area contributed by atoms with Crippen LogP contribution in [-0.4, -0.2) is 43.5 Å². The monoisotopic (exact) mass is 367 g/mol. The van der Waals surface area contributed by atoms with Crippen LogP contribution in [-0.2, 0) is 9.47 Å². The van der Waals surface area contributed by atoms with Gasteiger partial charge in [-0.25, -0.2) is 14.0 Å². The number of carbonyl (C=O) groups is 2. The number of carbonyl (C=O) groups excluding carboxylic acids is 2. The molecule has 26 heavy (non-hydrogen) atoms. The summed E-state index contributed by atoms with van der Waals surface area (Å²) in [4.78, 5) is 25.1. The van der Waals surface area contributed by atoms with Crippen LogP contribution in [0.3, 0.4) is 0 Å². The Balaban J connectivity index is 1.93. The Morgan fingerprint density at radius 1 is 1.31 bits per heavy atom. The molecule has 1 saturated heterocycles. The molecule has 0 saturated carbocycles. The lowest BCUT2D eigenvalue weighted by Crippen LogP contribution is -2.40. The van der Waals surface area contributed by atoms with Gasteiger partial charge in [0.2, 0.25) is 0 Å². The molecule has 2 amide bonds. The molecule has 1 unspecified atom stereocenters. The van der Waals surface area contributed by atoms with Crippen LogP contribution < -0.4 is 15.5 Å². The van der Waals surface area contributed by atoms with E-state index in [9.17, 15) is 14.0 Å². The van der Waals surface area contributed by atoms with Crippen molar-refractivity contribution in [1.82, 2.24) is 5.32 Å². The predicted octanol–water partition coefficient (Wildman–Crippen LogP) is 3.50. The van der Waals surface area contributed by atoms with Crippen LogP contribution in [0.1, 0.15) is 34.1 Å². The zero-order chi connectivity index (χ0) is 19.3. The number of nitrogens with zero attached hydrogens (tertiary/aromatic N) is 1. The standard InChI is InChI=1S/C18H26FN3O4/c1-5-25-16(23)20-12-6-7-15(14(19)10-12)22-9-8-13(11-22)21-17(24)26-18(2,3)4/h6-7,10,13H,5,8-9,11H2,1-4H3,(H,20,23)(H,21,24). The topological polar surface area (TPSA) is 79.9 Å². The fraction of sp³-hybridized carbons (Fsp3) is 0.556. The smallest absolute Gasteiger partial charge is 0.411 e. The Bertz CT molecular complexity index is 660. The van der Waals surface area contributed by atoms with Crippen molar-refractivity contribution in [2.45, 2.75) is 45.8 Å². The number of alkyl carbamates (subject to hydrolysis) is 1. The van der Waals surface area contributed by atoms with Gasteiger partial charge in [0.15, 0.2) is 0 Å². The first-order valence-electron chi connectivity index (χ1n) is 8.65. The first kappa shape index (κ1) is 19.8. The van der Waals surface area contributed by atoms with E-state index in [2.05, 4.69) is 10.6 Å². The van der Waals surface area contributed by atoms with Gasteiger partial charge < -0.3 is 19.7 Å². The number of amides is 2. The third-order valence-corrected chi connectivity index (χ3v) is 3.72. The lowest BCUT2D eigenvalue weighted by Gasteiger charge is -2.22. The van der Waals surface area contributed by atoms with E-state index >= 15 is 0 Å². The Morgan fingerprint density at radius 2 is 2.04 bits per heavy atom. The second kappa shape index (κ2) is 8.25.